The molecule has 3 N–H and O–H groups in total. The topological polar surface area (TPSA) is 60.0 Å². The SMILES string of the molecule is C=C1CCC(n2c3ccccc3c3cc(C(C)C)c(N)cc32)C(=O)N1. The molecule has 1 aliphatic rings. The molecule has 0 aliphatic carbocycles. The van der Waals surface area contributed by atoms with Gasteiger partial charge in [-0.1, -0.05) is 38.6 Å². The zero-order chi connectivity index (χ0) is 17.7. The smallest absolute Gasteiger partial charge is 0.247 e. The van der Waals surface area contributed by atoms with Crippen LogP contribution in [0.1, 0.15) is 44.2 Å². The summed E-state index contributed by atoms with van der Waals surface area (Å²) in [5.74, 6) is 0.359. The minimum Gasteiger partial charge on any atom is -0.398 e. The van der Waals surface area contributed by atoms with Crippen molar-refractivity contribution in [3.8, 4) is 0 Å². The Kier molecular flexibility index (Phi) is 3.57. The first-order valence-electron chi connectivity index (χ1n) is 8.78. The number of hydrogen-bond donors (Lipinski definition) is 2. The molecule has 1 atom stereocenters. The van der Waals surface area contributed by atoms with Crippen LogP contribution in [0.4, 0.5) is 5.69 Å². The molecular formula is C21H23N3O. The Hall–Kier alpha value is -2.75. The zero-order valence-electron chi connectivity index (χ0n) is 14.7. The van der Waals surface area contributed by atoms with Gasteiger partial charge in [-0.05, 0) is 42.5 Å². The van der Waals surface area contributed by atoms with E-state index in [1.807, 2.05) is 18.2 Å². The van der Waals surface area contributed by atoms with E-state index in [9.17, 15) is 4.79 Å². The normalized spacial score (nSPS) is 18.3. The highest BCUT2D eigenvalue weighted by Crippen LogP contribution is 2.38. The van der Waals surface area contributed by atoms with Crippen LogP contribution >= 0.6 is 0 Å². The molecule has 0 saturated carbocycles. The molecule has 128 valence electrons. The van der Waals surface area contributed by atoms with E-state index in [0.717, 1.165) is 51.6 Å². The van der Waals surface area contributed by atoms with Gasteiger partial charge in [-0.2, -0.15) is 0 Å². The molecule has 2 aromatic carbocycles. The largest absolute Gasteiger partial charge is 0.398 e. The fraction of sp³-hybridized carbons (Fsp3) is 0.286. The summed E-state index contributed by atoms with van der Waals surface area (Å²) in [4.78, 5) is 12.6. The van der Waals surface area contributed by atoms with Crippen molar-refractivity contribution in [2.24, 2.45) is 0 Å². The molecule has 4 heteroatoms. The summed E-state index contributed by atoms with van der Waals surface area (Å²) >= 11 is 0. The first-order valence-corrected chi connectivity index (χ1v) is 8.78. The van der Waals surface area contributed by atoms with Gasteiger partial charge in [0.25, 0.3) is 0 Å². The number of anilines is 1. The Morgan fingerprint density at radius 2 is 1.96 bits per heavy atom. The second-order valence-corrected chi connectivity index (χ2v) is 7.19. The van der Waals surface area contributed by atoms with Gasteiger partial charge >= 0.3 is 0 Å². The molecule has 1 aliphatic heterocycles. The molecule has 1 amide bonds. The van der Waals surface area contributed by atoms with Crippen molar-refractivity contribution in [2.45, 2.75) is 38.6 Å². The van der Waals surface area contributed by atoms with Crippen LogP contribution in [0.5, 0.6) is 0 Å². The number of amides is 1. The van der Waals surface area contributed by atoms with Gasteiger partial charge in [-0.15, -0.1) is 0 Å². The van der Waals surface area contributed by atoms with E-state index >= 15 is 0 Å². The van der Waals surface area contributed by atoms with Gasteiger partial charge in [0.15, 0.2) is 0 Å². The Balaban J connectivity index is 2.04. The molecule has 1 saturated heterocycles. The maximum atomic E-state index is 12.6. The zero-order valence-corrected chi connectivity index (χ0v) is 14.7. The van der Waals surface area contributed by atoms with Crippen LogP contribution in [0.2, 0.25) is 0 Å². The second kappa shape index (κ2) is 5.66. The summed E-state index contributed by atoms with van der Waals surface area (Å²) in [7, 11) is 0. The number of nitrogen functional groups attached to an aromatic ring is 1. The van der Waals surface area contributed by atoms with Crippen LogP contribution in [0.3, 0.4) is 0 Å². The highest BCUT2D eigenvalue weighted by atomic mass is 16.2. The van der Waals surface area contributed by atoms with Gasteiger partial charge in [0.2, 0.25) is 5.91 Å². The molecule has 0 spiro atoms. The van der Waals surface area contributed by atoms with Crippen molar-refractivity contribution < 1.29 is 4.79 Å². The van der Waals surface area contributed by atoms with E-state index in [4.69, 9.17) is 5.73 Å². The van der Waals surface area contributed by atoms with E-state index in [2.05, 4.69) is 48.5 Å². The molecular weight excluding hydrogens is 310 g/mol. The third-order valence-corrected chi connectivity index (χ3v) is 5.17. The number of hydrogen-bond acceptors (Lipinski definition) is 2. The molecule has 25 heavy (non-hydrogen) atoms. The minimum absolute atomic E-state index is 0.00501. The van der Waals surface area contributed by atoms with Gasteiger partial charge in [-0.3, -0.25) is 4.79 Å². The number of nitrogens with zero attached hydrogens (tertiary/aromatic N) is 1. The van der Waals surface area contributed by atoms with Crippen molar-refractivity contribution in [1.82, 2.24) is 9.88 Å². The van der Waals surface area contributed by atoms with E-state index in [1.165, 1.54) is 0 Å². The van der Waals surface area contributed by atoms with E-state index < -0.39 is 0 Å². The van der Waals surface area contributed by atoms with Crippen molar-refractivity contribution in [1.29, 1.82) is 0 Å². The lowest BCUT2D eigenvalue weighted by molar-refractivity contribution is -0.124. The fourth-order valence-electron chi connectivity index (χ4n) is 3.92. The van der Waals surface area contributed by atoms with Crippen molar-refractivity contribution in [3.05, 3.63) is 54.2 Å². The van der Waals surface area contributed by atoms with Crippen LogP contribution in [0.25, 0.3) is 21.8 Å². The second-order valence-electron chi connectivity index (χ2n) is 7.19. The third-order valence-electron chi connectivity index (χ3n) is 5.17. The Bertz CT molecular complexity index is 1010. The lowest BCUT2D eigenvalue weighted by Crippen LogP contribution is -2.36. The Morgan fingerprint density at radius 3 is 2.68 bits per heavy atom. The minimum atomic E-state index is -0.239. The monoisotopic (exact) mass is 333 g/mol. The highest BCUT2D eigenvalue weighted by molar-refractivity contribution is 6.10. The number of fused-ring (bicyclic) bond motifs is 3. The summed E-state index contributed by atoms with van der Waals surface area (Å²) in [6.07, 6.45) is 1.55. The Labute approximate surface area is 147 Å². The van der Waals surface area contributed by atoms with Crippen LogP contribution in [-0.4, -0.2) is 10.5 Å². The van der Waals surface area contributed by atoms with Crippen molar-refractivity contribution in [3.63, 3.8) is 0 Å². The van der Waals surface area contributed by atoms with E-state index in [-0.39, 0.29) is 11.9 Å². The maximum absolute atomic E-state index is 12.6. The standard InChI is InChI=1S/C21H23N3O/c1-12(2)15-10-16-14-6-4-5-7-18(14)24(20(16)11-17(15)22)19-9-8-13(3)23-21(19)25/h4-7,10-12,19H,3,8-9,22H2,1-2H3,(H,23,25). The highest BCUT2D eigenvalue weighted by Gasteiger charge is 2.28. The number of rotatable bonds is 2. The van der Waals surface area contributed by atoms with E-state index in [1.54, 1.807) is 0 Å². The molecule has 1 unspecified atom stereocenters. The molecule has 2 heterocycles. The lowest BCUT2D eigenvalue weighted by Gasteiger charge is -2.26. The predicted molar refractivity (Wildman–Crippen MR) is 103 cm³/mol. The average molecular weight is 333 g/mol. The molecule has 0 radical (unpaired) electrons. The number of carbonyl (C=O) groups is 1. The van der Waals surface area contributed by atoms with Crippen LogP contribution < -0.4 is 11.1 Å². The van der Waals surface area contributed by atoms with Gasteiger partial charge < -0.3 is 15.6 Å². The van der Waals surface area contributed by atoms with Crippen LogP contribution in [0.15, 0.2) is 48.7 Å². The molecule has 4 nitrogen and oxygen atoms in total. The van der Waals surface area contributed by atoms with Gasteiger partial charge in [0, 0.05) is 27.7 Å². The summed E-state index contributed by atoms with van der Waals surface area (Å²) < 4.78 is 2.15. The van der Waals surface area contributed by atoms with Gasteiger partial charge in [0.1, 0.15) is 6.04 Å². The molecule has 1 fully saturated rings. The number of piperidine rings is 1. The van der Waals surface area contributed by atoms with Crippen LogP contribution in [-0.2, 0) is 4.79 Å². The summed E-state index contributed by atoms with van der Waals surface area (Å²) in [6, 6.07) is 12.2. The summed E-state index contributed by atoms with van der Waals surface area (Å²) in [6.45, 7) is 8.19. The predicted octanol–water partition coefficient (Wildman–Crippen LogP) is 4.46. The summed E-state index contributed by atoms with van der Waals surface area (Å²) in [5.41, 5.74) is 11.2. The number of nitrogens with one attached hydrogen (secondary N) is 1. The molecule has 4 rings (SSSR count). The van der Waals surface area contributed by atoms with Crippen molar-refractivity contribution >= 4 is 33.4 Å². The first kappa shape index (κ1) is 15.8. The lowest BCUT2D eigenvalue weighted by atomic mass is 9.98. The molecule has 3 aromatic rings. The quantitative estimate of drug-likeness (QED) is 0.680. The molecule has 1 aromatic heterocycles. The number of aromatic nitrogens is 1. The van der Waals surface area contributed by atoms with Gasteiger partial charge in [-0.25, -0.2) is 0 Å². The van der Waals surface area contributed by atoms with Crippen LogP contribution in [0, 0.1) is 0 Å². The number of allylic oxidation sites excluding steroid dienone is 1. The van der Waals surface area contributed by atoms with Gasteiger partial charge in [0.05, 0.1) is 5.52 Å². The number of nitrogens with two attached hydrogens (primary N) is 1. The van der Waals surface area contributed by atoms with Crippen molar-refractivity contribution in [2.75, 3.05) is 5.73 Å². The number of carbonyl (C=O) groups excluding carboxylic acids is 1. The number of benzene rings is 2. The number of para-hydroxylation sites is 1. The van der Waals surface area contributed by atoms with E-state index in [0.29, 0.717) is 5.92 Å². The Morgan fingerprint density at radius 1 is 1.20 bits per heavy atom. The average Bonchev–Trinajstić information content (AvgIpc) is 2.87. The molecule has 0 bridgehead atoms. The third kappa shape index (κ3) is 2.40. The maximum Gasteiger partial charge on any atom is 0.247 e. The fourth-order valence-corrected chi connectivity index (χ4v) is 3.92. The summed E-state index contributed by atoms with van der Waals surface area (Å²) in [5, 5.41) is 5.23. The first-order chi connectivity index (χ1) is 12.0.